The molecule has 0 fully saturated rings. The number of aliphatic hydroxyl groups excluding tert-OH is 1. The molecule has 1 amide bonds. The molecule has 0 saturated heterocycles. The van der Waals surface area contributed by atoms with Crippen LogP contribution >= 0.6 is 0 Å². The van der Waals surface area contributed by atoms with Crippen LogP contribution in [0.3, 0.4) is 0 Å². The average molecular weight is 309 g/mol. The Morgan fingerprint density at radius 3 is 2.59 bits per heavy atom. The van der Waals surface area contributed by atoms with Crippen LogP contribution in [0.25, 0.3) is 0 Å². The minimum Gasteiger partial charge on any atom is -0.493 e. The van der Waals surface area contributed by atoms with Crippen molar-refractivity contribution in [2.75, 3.05) is 26.8 Å². The Kier molecular flexibility index (Phi) is 7.18. The topological polar surface area (TPSA) is 59.0 Å². The minimum atomic E-state index is -0.489. The molecule has 0 heterocycles. The van der Waals surface area contributed by atoms with E-state index in [1.54, 1.807) is 11.9 Å². The molecule has 0 aliphatic heterocycles. The Hall–Kier alpha value is -1.75. The van der Waals surface area contributed by atoms with Gasteiger partial charge in [0.25, 0.3) is 0 Å². The summed E-state index contributed by atoms with van der Waals surface area (Å²) in [4.78, 5) is 13.5. The summed E-state index contributed by atoms with van der Waals surface area (Å²) >= 11 is 0. The summed E-state index contributed by atoms with van der Waals surface area (Å²) in [6, 6.07) is 7.74. The number of likely N-dealkylation sites (N-methyl/N-ethyl adjacent to an activating group) is 1. The molecule has 5 heteroatoms. The number of rotatable bonds is 7. The minimum absolute atomic E-state index is 0.115. The molecule has 22 heavy (non-hydrogen) atoms. The summed E-state index contributed by atoms with van der Waals surface area (Å²) in [5.74, 6) is 0.800. The summed E-state index contributed by atoms with van der Waals surface area (Å²) in [7, 11) is 1.73. The zero-order chi connectivity index (χ0) is 16.6. The standard InChI is InChI=1S/C17H27NO4/c1-17(2,3)22-16(20)18(4)11-10-14-8-5-6-9-15(14)21-13-7-12-19/h5-6,8-9,19H,7,10-13H2,1-4H3. The van der Waals surface area contributed by atoms with Gasteiger partial charge in [0, 0.05) is 26.6 Å². The van der Waals surface area contributed by atoms with Crippen LogP contribution in [0.5, 0.6) is 5.75 Å². The molecule has 0 aliphatic carbocycles. The van der Waals surface area contributed by atoms with E-state index in [4.69, 9.17) is 14.6 Å². The number of aliphatic hydroxyl groups is 1. The summed E-state index contributed by atoms with van der Waals surface area (Å²) in [5.41, 5.74) is 0.548. The van der Waals surface area contributed by atoms with E-state index in [1.165, 1.54) is 0 Å². The normalized spacial score (nSPS) is 11.1. The van der Waals surface area contributed by atoms with Gasteiger partial charge >= 0.3 is 6.09 Å². The molecule has 0 radical (unpaired) electrons. The van der Waals surface area contributed by atoms with Gasteiger partial charge in [-0.05, 0) is 38.8 Å². The Morgan fingerprint density at radius 2 is 1.95 bits per heavy atom. The molecule has 0 atom stereocenters. The molecule has 0 spiro atoms. The molecule has 5 nitrogen and oxygen atoms in total. The second kappa shape index (κ2) is 8.63. The van der Waals surface area contributed by atoms with Gasteiger partial charge in [-0.2, -0.15) is 0 Å². The summed E-state index contributed by atoms with van der Waals surface area (Å²) < 4.78 is 11.0. The van der Waals surface area contributed by atoms with Crippen molar-refractivity contribution < 1.29 is 19.4 Å². The fourth-order valence-electron chi connectivity index (χ4n) is 1.82. The number of benzene rings is 1. The summed E-state index contributed by atoms with van der Waals surface area (Å²) in [5, 5.41) is 8.81. The number of hydrogen-bond donors (Lipinski definition) is 1. The maximum Gasteiger partial charge on any atom is 0.410 e. The van der Waals surface area contributed by atoms with E-state index in [0.29, 0.717) is 26.0 Å². The van der Waals surface area contributed by atoms with Gasteiger partial charge in [0.15, 0.2) is 0 Å². The van der Waals surface area contributed by atoms with Gasteiger partial charge < -0.3 is 19.5 Å². The first-order chi connectivity index (χ1) is 10.3. The molecule has 0 saturated carbocycles. The van der Waals surface area contributed by atoms with Gasteiger partial charge in [-0.15, -0.1) is 0 Å². The van der Waals surface area contributed by atoms with Crippen molar-refractivity contribution in [3.63, 3.8) is 0 Å². The first-order valence-electron chi connectivity index (χ1n) is 7.59. The fraction of sp³-hybridized carbons (Fsp3) is 0.588. The Labute approximate surface area is 132 Å². The van der Waals surface area contributed by atoms with Gasteiger partial charge in [-0.1, -0.05) is 18.2 Å². The van der Waals surface area contributed by atoms with Gasteiger partial charge in [0.1, 0.15) is 11.4 Å². The molecule has 0 aromatic heterocycles. The largest absolute Gasteiger partial charge is 0.493 e. The number of nitrogens with zero attached hydrogens (tertiary/aromatic N) is 1. The second-order valence-corrected chi connectivity index (χ2v) is 6.19. The van der Waals surface area contributed by atoms with Crippen LogP contribution in [0.2, 0.25) is 0 Å². The average Bonchev–Trinajstić information content (AvgIpc) is 2.44. The number of hydrogen-bond acceptors (Lipinski definition) is 4. The van der Waals surface area contributed by atoms with E-state index in [9.17, 15) is 4.79 Å². The number of para-hydroxylation sites is 1. The number of ether oxygens (including phenoxy) is 2. The highest BCUT2D eigenvalue weighted by atomic mass is 16.6. The molecule has 1 aromatic carbocycles. The van der Waals surface area contributed by atoms with Crippen LogP contribution in [0, 0.1) is 0 Å². The Bertz CT molecular complexity index is 468. The van der Waals surface area contributed by atoms with Crippen LogP contribution in [-0.4, -0.2) is 48.5 Å². The zero-order valence-corrected chi connectivity index (χ0v) is 14.0. The van der Waals surface area contributed by atoms with Crippen LogP contribution in [0.15, 0.2) is 24.3 Å². The van der Waals surface area contributed by atoms with E-state index >= 15 is 0 Å². The van der Waals surface area contributed by atoms with Gasteiger partial charge in [0.2, 0.25) is 0 Å². The SMILES string of the molecule is CN(CCc1ccccc1OCCCO)C(=O)OC(C)(C)C. The second-order valence-electron chi connectivity index (χ2n) is 6.19. The highest BCUT2D eigenvalue weighted by Crippen LogP contribution is 2.19. The van der Waals surface area contributed by atoms with E-state index in [-0.39, 0.29) is 12.7 Å². The monoisotopic (exact) mass is 309 g/mol. The predicted molar refractivity (Wildman–Crippen MR) is 86.2 cm³/mol. The Balaban J connectivity index is 2.55. The quantitative estimate of drug-likeness (QED) is 0.787. The molecule has 1 rings (SSSR count). The van der Waals surface area contributed by atoms with Crippen LogP contribution in [-0.2, 0) is 11.2 Å². The van der Waals surface area contributed by atoms with E-state index < -0.39 is 5.60 Å². The highest BCUT2D eigenvalue weighted by molar-refractivity contribution is 5.67. The first kappa shape index (κ1) is 18.3. The molecule has 1 N–H and O–H groups in total. The number of carbonyl (C=O) groups is 1. The lowest BCUT2D eigenvalue weighted by atomic mass is 10.1. The lowest BCUT2D eigenvalue weighted by Gasteiger charge is -2.24. The third-order valence-corrected chi connectivity index (χ3v) is 2.95. The van der Waals surface area contributed by atoms with Crippen molar-refractivity contribution in [2.45, 2.75) is 39.2 Å². The first-order valence-corrected chi connectivity index (χ1v) is 7.59. The van der Waals surface area contributed by atoms with Gasteiger partial charge in [0.05, 0.1) is 6.61 Å². The molecule has 1 aromatic rings. The van der Waals surface area contributed by atoms with E-state index in [0.717, 1.165) is 11.3 Å². The third-order valence-electron chi connectivity index (χ3n) is 2.95. The van der Waals surface area contributed by atoms with Gasteiger partial charge in [-0.25, -0.2) is 4.79 Å². The Morgan fingerprint density at radius 1 is 1.27 bits per heavy atom. The molecule has 124 valence electrons. The highest BCUT2D eigenvalue weighted by Gasteiger charge is 2.19. The van der Waals surface area contributed by atoms with E-state index in [1.807, 2.05) is 45.0 Å². The maximum absolute atomic E-state index is 11.9. The summed E-state index contributed by atoms with van der Waals surface area (Å²) in [6.45, 7) is 6.70. The van der Waals surface area contributed by atoms with Crippen molar-refractivity contribution >= 4 is 6.09 Å². The third kappa shape index (κ3) is 6.80. The lowest BCUT2D eigenvalue weighted by molar-refractivity contribution is 0.0300. The number of carbonyl (C=O) groups excluding carboxylic acids is 1. The van der Waals surface area contributed by atoms with Crippen LogP contribution in [0.4, 0.5) is 4.79 Å². The zero-order valence-electron chi connectivity index (χ0n) is 14.0. The van der Waals surface area contributed by atoms with Crippen molar-refractivity contribution in [3.8, 4) is 5.75 Å². The lowest BCUT2D eigenvalue weighted by Crippen LogP contribution is -2.35. The molecular formula is C17H27NO4. The number of amides is 1. The fourth-order valence-corrected chi connectivity index (χ4v) is 1.82. The van der Waals surface area contributed by atoms with E-state index in [2.05, 4.69) is 0 Å². The molecule has 0 unspecified atom stereocenters. The molecule has 0 bridgehead atoms. The smallest absolute Gasteiger partial charge is 0.410 e. The summed E-state index contributed by atoms with van der Waals surface area (Å²) in [6.07, 6.45) is 0.961. The van der Waals surface area contributed by atoms with Gasteiger partial charge in [-0.3, -0.25) is 0 Å². The molecular weight excluding hydrogens is 282 g/mol. The predicted octanol–water partition coefficient (Wildman–Crippen LogP) is 2.86. The van der Waals surface area contributed by atoms with Crippen molar-refractivity contribution in [1.82, 2.24) is 4.90 Å². The van der Waals surface area contributed by atoms with Crippen molar-refractivity contribution in [1.29, 1.82) is 0 Å². The van der Waals surface area contributed by atoms with Crippen molar-refractivity contribution in [2.24, 2.45) is 0 Å². The maximum atomic E-state index is 11.9. The van der Waals surface area contributed by atoms with Crippen LogP contribution < -0.4 is 4.74 Å². The van der Waals surface area contributed by atoms with Crippen molar-refractivity contribution in [3.05, 3.63) is 29.8 Å². The van der Waals surface area contributed by atoms with Crippen LogP contribution in [0.1, 0.15) is 32.8 Å². The molecule has 0 aliphatic rings.